The standard InChI is InChI=1S/C19H29N3O2/c1-13-10-14(2)19(15(3)11-13)22-18(24)12-21-17(23)5-4-16-6-8-20-9-7-16/h10-11,16,20H,4-9,12H2,1-3H3,(H,21,23)(H,22,24). The summed E-state index contributed by atoms with van der Waals surface area (Å²) >= 11 is 0. The smallest absolute Gasteiger partial charge is 0.243 e. The van der Waals surface area contributed by atoms with Crippen molar-refractivity contribution in [1.29, 1.82) is 0 Å². The van der Waals surface area contributed by atoms with Crippen molar-refractivity contribution in [2.24, 2.45) is 5.92 Å². The van der Waals surface area contributed by atoms with E-state index < -0.39 is 0 Å². The molecule has 2 amide bonds. The minimum absolute atomic E-state index is 0.0256. The number of nitrogens with one attached hydrogen (secondary N) is 3. The zero-order chi connectivity index (χ0) is 17.5. The third-order valence-corrected chi connectivity index (χ3v) is 4.63. The molecule has 1 fully saturated rings. The summed E-state index contributed by atoms with van der Waals surface area (Å²) in [5.41, 5.74) is 4.10. The molecule has 132 valence electrons. The molecule has 0 unspecified atom stereocenters. The lowest BCUT2D eigenvalue weighted by molar-refractivity contribution is -0.124. The lowest BCUT2D eigenvalue weighted by Crippen LogP contribution is -2.34. The summed E-state index contributed by atoms with van der Waals surface area (Å²) in [6.07, 6.45) is 3.69. The third kappa shape index (κ3) is 5.64. The van der Waals surface area contributed by atoms with Gasteiger partial charge in [0.05, 0.1) is 6.54 Å². The van der Waals surface area contributed by atoms with Crippen LogP contribution in [0.25, 0.3) is 0 Å². The van der Waals surface area contributed by atoms with Gasteiger partial charge in [0.15, 0.2) is 0 Å². The van der Waals surface area contributed by atoms with E-state index in [0.717, 1.165) is 49.2 Å². The first-order valence-electron chi connectivity index (χ1n) is 8.81. The molecule has 24 heavy (non-hydrogen) atoms. The Morgan fingerprint density at radius 1 is 1.08 bits per heavy atom. The van der Waals surface area contributed by atoms with Crippen LogP contribution in [0, 0.1) is 26.7 Å². The highest BCUT2D eigenvalue weighted by Crippen LogP contribution is 2.21. The molecule has 1 aliphatic rings. The average Bonchev–Trinajstić information content (AvgIpc) is 2.55. The topological polar surface area (TPSA) is 70.2 Å². The highest BCUT2D eigenvalue weighted by molar-refractivity contribution is 5.95. The van der Waals surface area contributed by atoms with Crippen molar-refractivity contribution in [2.45, 2.75) is 46.5 Å². The van der Waals surface area contributed by atoms with E-state index in [-0.39, 0.29) is 18.4 Å². The van der Waals surface area contributed by atoms with Gasteiger partial charge >= 0.3 is 0 Å². The molecule has 5 nitrogen and oxygen atoms in total. The molecule has 3 N–H and O–H groups in total. The second kappa shape index (κ2) is 8.83. The van der Waals surface area contributed by atoms with E-state index in [1.54, 1.807) is 0 Å². The summed E-state index contributed by atoms with van der Waals surface area (Å²) in [5, 5.41) is 8.96. The summed E-state index contributed by atoms with van der Waals surface area (Å²) < 4.78 is 0. The monoisotopic (exact) mass is 331 g/mol. The van der Waals surface area contributed by atoms with Crippen LogP contribution in [0.5, 0.6) is 0 Å². The van der Waals surface area contributed by atoms with Crippen molar-refractivity contribution in [3.05, 3.63) is 28.8 Å². The molecule has 0 atom stereocenters. The molecule has 0 saturated carbocycles. The maximum Gasteiger partial charge on any atom is 0.243 e. The van der Waals surface area contributed by atoms with Crippen LogP contribution in [0.2, 0.25) is 0 Å². The van der Waals surface area contributed by atoms with Crippen LogP contribution in [-0.2, 0) is 9.59 Å². The predicted molar refractivity (Wildman–Crippen MR) is 97.1 cm³/mol. The number of rotatable bonds is 6. The van der Waals surface area contributed by atoms with Gasteiger partial charge in [0.25, 0.3) is 0 Å². The van der Waals surface area contributed by atoms with Gasteiger partial charge in [0.1, 0.15) is 0 Å². The summed E-state index contributed by atoms with van der Waals surface area (Å²) in [5.74, 6) is 0.407. The van der Waals surface area contributed by atoms with E-state index in [1.807, 2.05) is 32.9 Å². The number of hydrogen-bond acceptors (Lipinski definition) is 3. The van der Waals surface area contributed by atoms with E-state index in [4.69, 9.17) is 0 Å². The van der Waals surface area contributed by atoms with Gasteiger partial charge in [-0.2, -0.15) is 0 Å². The van der Waals surface area contributed by atoms with E-state index >= 15 is 0 Å². The minimum atomic E-state index is -0.180. The highest BCUT2D eigenvalue weighted by atomic mass is 16.2. The molecule has 0 spiro atoms. The van der Waals surface area contributed by atoms with E-state index in [9.17, 15) is 9.59 Å². The van der Waals surface area contributed by atoms with Crippen LogP contribution >= 0.6 is 0 Å². The van der Waals surface area contributed by atoms with Crippen LogP contribution in [0.3, 0.4) is 0 Å². The van der Waals surface area contributed by atoms with Gasteiger partial charge in [0.2, 0.25) is 11.8 Å². The molecular formula is C19H29N3O2. The Kier molecular flexibility index (Phi) is 6.79. The van der Waals surface area contributed by atoms with E-state index in [0.29, 0.717) is 12.3 Å². The lowest BCUT2D eigenvalue weighted by Gasteiger charge is -2.22. The van der Waals surface area contributed by atoms with Crippen molar-refractivity contribution < 1.29 is 9.59 Å². The number of carbonyl (C=O) groups is 2. The molecule has 1 aromatic carbocycles. The normalized spacial score (nSPS) is 15.1. The fourth-order valence-electron chi connectivity index (χ4n) is 3.33. The maximum absolute atomic E-state index is 12.1. The van der Waals surface area contributed by atoms with Gasteiger partial charge in [0, 0.05) is 12.1 Å². The lowest BCUT2D eigenvalue weighted by atomic mass is 9.93. The Labute approximate surface area is 144 Å². The van der Waals surface area contributed by atoms with Crippen molar-refractivity contribution in [1.82, 2.24) is 10.6 Å². The van der Waals surface area contributed by atoms with Crippen molar-refractivity contribution in [2.75, 3.05) is 25.0 Å². The summed E-state index contributed by atoms with van der Waals surface area (Å²) in [4.78, 5) is 24.0. The molecular weight excluding hydrogens is 302 g/mol. The second-order valence-corrected chi connectivity index (χ2v) is 6.83. The predicted octanol–water partition coefficient (Wildman–Crippen LogP) is 2.45. The summed E-state index contributed by atoms with van der Waals surface area (Å²) in [6, 6.07) is 4.08. The Morgan fingerprint density at radius 3 is 2.33 bits per heavy atom. The number of carbonyl (C=O) groups excluding carboxylic acids is 2. The number of benzene rings is 1. The number of anilines is 1. The Hall–Kier alpha value is -1.88. The number of aryl methyl sites for hydroxylation is 3. The Bertz CT molecular complexity index is 569. The first-order chi connectivity index (χ1) is 11.5. The first kappa shape index (κ1) is 18.5. The summed E-state index contributed by atoms with van der Waals surface area (Å²) in [7, 11) is 0. The quantitative estimate of drug-likeness (QED) is 0.750. The van der Waals surface area contributed by atoms with Crippen LogP contribution in [0.4, 0.5) is 5.69 Å². The Morgan fingerprint density at radius 2 is 1.71 bits per heavy atom. The molecule has 1 heterocycles. The third-order valence-electron chi connectivity index (χ3n) is 4.63. The fraction of sp³-hybridized carbons (Fsp3) is 0.579. The fourth-order valence-corrected chi connectivity index (χ4v) is 3.33. The molecule has 0 aromatic heterocycles. The highest BCUT2D eigenvalue weighted by Gasteiger charge is 2.15. The van der Waals surface area contributed by atoms with E-state index in [1.165, 1.54) is 5.56 Å². The van der Waals surface area contributed by atoms with E-state index in [2.05, 4.69) is 16.0 Å². The second-order valence-electron chi connectivity index (χ2n) is 6.83. The van der Waals surface area contributed by atoms with Crippen LogP contribution in [-0.4, -0.2) is 31.4 Å². The van der Waals surface area contributed by atoms with Gasteiger partial charge in [-0.15, -0.1) is 0 Å². The number of hydrogen-bond donors (Lipinski definition) is 3. The average molecular weight is 331 g/mol. The SMILES string of the molecule is Cc1cc(C)c(NC(=O)CNC(=O)CCC2CCNCC2)c(C)c1. The maximum atomic E-state index is 12.1. The van der Waals surface area contributed by atoms with Crippen molar-refractivity contribution in [3.8, 4) is 0 Å². The van der Waals surface area contributed by atoms with Crippen LogP contribution in [0.15, 0.2) is 12.1 Å². The van der Waals surface area contributed by atoms with Crippen molar-refractivity contribution in [3.63, 3.8) is 0 Å². The van der Waals surface area contributed by atoms with Gasteiger partial charge in [-0.1, -0.05) is 17.7 Å². The molecule has 0 aliphatic carbocycles. The van der Waals surface area contributed by atoms with Gasteiger partial charge in [-0.25, -0.2) is 0 Å². The first-order valence-corrected chi connectivity index (χ1v) is 8.81. The molecule has 0 radical (unpaired) electrons. The van der Waals surface area contributed by atoms with Gasteiger partial charge in [-0.3, -0.25) is 9.59 Å². The molecule has 1 aliphatic heterocycles. The molecule has 0 bridgehead atoms. The minimum Gasteiger partial charge on any atom is -0.347 e. The van der Waals surface area contributed by atoms with Crippen LogP contribution in [0.1, 0.15) is 42.4 Å². The zero-order valence-electron chi connectivity index (χ0n) is 15.0. The van der Waals surface area contributed by atoms with Crippen LogP contribution < -0.4 is 16.0 Å². The molecule has 1 aromatic rings. The Balaban J connectivity index is 1.73. The molecule has 5 heteroatoms. The number of piperidine rings is 1. The molecule has 1 saturated heterocycles. The largest absolute Gasteiger partial charge is 0.347 e. The zero-order valence-corrected chi connectivity index (χ0v) is 15.0. The number of amides is 2. The molecule has 2 rings (SSSR count). The van der Waals surface area contributed by atoms with Gasteiger partial charge in [-0.05, 0) is 70.2 Å². The van der Waals surface area contributed by atoms with Gasteiger partial charge < -0.3 is 16.0 Å². The van der Waals surface area contributed by atoms with Crippen molar-refractivity contribution >= 4 is 17.5 Å². The summed E-state index contributed by atoms with van der Waals surface area (Å²) in [6.45, 7) is 8.11.